The number of aromatic nitrogens is 4. The van der Waals surface area contributed by atoms with Gasteiger partial charge in [-0.1, -0.05) is 57.2 Å². The van der Waals surface area contributed by atoms with Gasteiger partial charge in [0.25, 0.3) is 0 Å². The van der Waals surface area contributed by atoms with Gasteiger partial charge in [0.15, 0.2) is 0 Å². The highest BCUT2D eigenvalue weighted by Crippen LogP contribution is 2.17. The van der Waals surface area contributed by atoms with Crippen molar-refractivity contribution in [3.8, 4) is 11.4 Å². The van der Waals surface area contributed by atoms with E-state index in [2.05, 4.69) is 45.7 Å². The van der Waals surface area contributed by atoms with Crippen LogP contribution in [0.5, 0.6) is 0 Å². The van der Waals surface area contributed by atoms with Crippen molar-refractivity contribution in [3.05, 3.63) is 29.8 Å². The molecule has 0 radical (unpaired) electrons. The van der Waals surface area contributed by atoms with E-state index in [1.165, 1.54) is 44.1 Å². The number of rotatable bonds is 8. The van der Waals surface area contributed by atoms with E-state index in [4.69, 9.17) is 0 Å². The summed E-state index contributed by atoms with van der Waals surface area (Å²) in [5.41, 5.74) is 2.40. The van der Waals surface area contributed by atoms with Crippen LogP contribution in [0.15, 0.2) is 24.3 Å². The Morgan fingerprint density at radius 1 is 1.05 bits per heavy atom. The number of hydrogen-bond donors (Lipinski definition) is 1. The minimum Gasteiger partial charge on any atom is -0.177 e. The van der Waals surface area contributed by atoms with Gasteiger partial charge in [0, 0.05) is 5.56 Å². The molecule has 0 atom stereocenters. The summed E-state index contributed by atoms with van der Waals surface area (Å²) < 4.78 is 0. The molecule has 4 heteroatoms. The summed E-state index contributed by atoms with van der Waals surface area (Å²) in [6, 6.07) is 8.43. The molecule has 0 fully saturated rings. The lowest BCUT2D eigenvalue weighted by Gasteiger charge is -2.03. The molecule has 0 bridgehead atoms. The highest BCUT2D eigenvalue weighted by atomic mass is 15.5. The summed E-state index contributed by atoms with van der Waals surface area (Å²) in [5, 5.41) is 14.1. The first kappa shape index (κ1) is 13.7. The van der Waals surface area contributed by atoms with E-state index in [-0.39, 0.29) is 0 Å². The van der Waals surface area contributed by atoms with Crippen molar-refractivity contribution in [1.82, 2.24) is 20.6 Å². The van der Waals surface area contributed by atoms with Crippen LogP contribution in [0.1, 0.15) is 51.0 Å². The molecule has 1 N–H and O–H groups in total. The number of aromatic amines is 1. The number of nitrogens with zero attached hydrogens (tertiary/aromatic N) is 3. The predicted octanol–water partition coefficient (Wildman–Crippen LogP) is 3.77. The number of aryl methyl sites for hydroxylation is 1. The Labute approximate surface area is 114 Å². The molecule has 102 valence electrons. The van der Waals surface area contributed by atoms with Gasteiger partial charge in [-0.2, -0.15) is 5.21 Å². The van der Waals surface area contributed by atoms with Crippen molar-refractivity contribution in [1.29, 1.82) is 0 Å². The zero-order valence-electron chi connectivity index (χ0n) is 11.6. The average Bonchev–Trinajstić information content (AvgIpc) is 2.97. The standard InChI is InChI=1S/C15H22N4/c1-2-3-4-5-6-7-9-13-10-8-11-14(12-13)15-16-18-19-17-15/h8,10-12H,2-7,9H2,1H3,(H,16,17,18,19). The molecule has 0 saturated carbocycles. The Kier molecular flexibility index (Phi) is 5.53. The smallest absolute Gasteiger partial charge is 0.177 e. The number of H-pyrrole nitrogens is 1. The second-order valence-corrected chi connectivity index (χ2v) is 4.95. The van der Waals surface area contributed by atoms with Crippen LogP contribution in [-0.2, 0) is 6.42 Å². The topological polar surface area (TPSA) is 54.5 Å². The van der Waals surface area contributed by atoms with Crippen LogP contribution in [0.3, 0.4) is 0 Å². The number of benzene rings is 1. The van der Waals surface area contributed by atoms with Crippen molar-refractivity contribution in [3.63, 3.8) is 0 Å². The second kappa shape index (κ2) is 7.67. The van der Waals surface area contributed by atoms with Crippen LogP contribution in [0.2, 0.25) is 0 Å². The van der Waals surface area contributed by atoms with Gasteiger partial charge in [0.05, 0.1) is 0 Å². The Morgan fingerprint density at radius 2 is 1.89 bits per heavy atom. The van der Waals surface area contributed by atoms with Crippen LogP contribution in [0, 0.1) is 0 Å². The number of tetrazole rings is 1. The van der Waals surface area contributed by atoms with Gasteiger partial charge < -0.3 is 0 Å². The molecular weight excluding hydrogens is 236 g/mol. The van der Waals surface area contributed by atoms with Gasteiger partial charge in [0.2, 0.25) is 5.82 Å². The van der Waals surface area contributed by atoms with Crippen molar-refractivity contribution in [2.45, 2.75) is 51.9 Å². The van der Waals surface area contributed by atoms with Gasteiger partial charge in [0.1, 0.15) is 0 Å². The Bertz CT molecular complexity index is 465. The second-order valence-electron chi connectivity index (χ2n) is 4.95. The van der Waals surface area contributed by atoms with E-state index in [1.807, 2.05) is 6.07 Å². The summed E-state index contributed by atoms with van der Waals surface area (Å²) in [6.07, 6.45) is 9.14. The van der Waals surface area contributed by atoms with Crippen LogP contribution in [0.25, 0.3) is 11.4 Å². The largest absolute Gasteiger partial charge is 0.204 e. The molecule has 2 aromatic rings. The molecule has 0 aliphatic carbocycles. The van der Waals surface area contributed by atoms with Crippen LogP contribution in [0.4, 0.5) is 0 Å². The molecule has 4 nitrogen and oxygen atoms in total. The molecule has 1 aromatic heterocycles. The van der Waals surface area contributed by atoms with E-state index < -0.39 is 0 Å². The van der Waals surface area contributed by atoms with Crippen molar-refractivity contribution >= 4 is 0 Å². The number of unbranched alkanes of at least 4 members (excludes halogenated alkanes) is 5. The predicted molar refractivity (Wildman–Crippen MR) is 76.7 cm³/mol. The van der Waals surface area contributed by atoms with E-state index in [0.717, 1.165) is 12.0 Å². The maximum Gasteiger partial charge on any atom is 0.204 e. The van der Waals surface area contributed by atoms with E-state index in [1.54, 1.807) is 0 Å². The maximum absolute atomic E-state index is 4.01. The minimum absolute atomic E-state index is 0.671. The Balaban J connectivity index is 1.79. The summed E-state index contributed by atoms with van der Waals surface area (Å²) in [4.78, 5) is 0. The Hall–Kier alpha value is -1.71. The lowest BCUT2D eigenvalue weighted by Crippen LogP contribution is -1.88. The summed E-state index contributed by atoms with van der Waals surface area (Å²) in [6.45, 7) is 2.25. The fourth-order valence-corrected chi connectivity index (χ4v) is 2.26. The number of nitrogens with one attached hydrogen (secondary N) is 1. The van der Waals surface area contributed by atoms with Crippen molar-refractivity contribution in [2.75, 3.05) is 0 Å². The fourth-order valence-electron chi connectivity index (χ4n) is 2.26. The zero-order valence-corrected chi connectivity index (χ0v) is 11.6. The van der Waals surface area contributed by atoms with Crippen LogP contribution >= 0.6 is 0 Å². The van der Waals surface area contributed by atoms with Gasteiger partial charge in [-0.05, 0) is 29.7 Å². The third-order valence-electron chi connectivity index (χ3n) is 3.35. The van der Waals surface area contributed by atoms with Crippen molar-refractivity contribution in [2.24, 2.45) is 0 Å². The molecule has 0 unspecified atom stereocenters. The molecule has 0 amide bonds. The highest BCUT2D eigenvalue weighted by Gasteiger charge is 2.03. The molecular formula is C15H22N4. The fraction of sp³-hybridized carbons (Fsp3) is 0.533. The molecule has 0 spiro atoms. The van der Waals surface area contributed by atoms with Gasteiger partial charge in [-0.3, -0.25) is 0 Å². The first-order chi connectivity index (χ1) is 9.40. The van der Waals surface area contributed by atoms with Gasteiger partial charge in [-0.15, -0.1) is 10.2 Å². The summed E-state index contributed by atoms with van der Waals surface area (Å²) in [5.74, 6) is 0.671. The molecule has 1 aromatic carbocycles. The first-order valence-corrected chi connectivity index (χ1v) is 7.23. The van der Waals surface area contributed by atoms with Crippen molar-refractivity contribution < 1.29 is 0 Å². The third kappa shape index (κ3) is 4.47. The normalized spacial score (nSPS) is 10.8. The summed E-state index contributed by atoms with van der Waals surface area (Å²) >= 11 is 0. The van der Waals surface area contributed by atoms with Crippen LogP contribution in [-0.4, -0.2) is 20.6 Å². The third-order valence-corrected chi connectivity index (χ3v) is 3.35. The highest BCUT2D eigenvalue weighted by molar-refractivity contribution is 5.54. The first-order valence-electron chi connectivity index (χ1n) is 7.23. The molecule has 19 heavy (non-hydrogen) atoms. The monoisotopic (exact) mass is 258 g/mol. The quantitative estimate of drug-likeness (QED) is 0.733. The van der Waals surface area contributed by atoms with E-state index in [9.17, 15) is 0 Å². The molecule has 0 aliphatic rings. The van der Waals surface area contributed by atoms with Crippen LogP contribution < -0.4 is 0 Å². The molecule has 2 rings (SSSR count). The summed E-state index contributed by atoms with van der Waals surface area (Å²) in [7, 11) is 0. The van der Waals surface area contributed by atoms with Gasteiger partial charge >= 0.3 is 0 Å². The zero-order chi connectivity index (χ0) is 13.3. The van der Waals surface area contributed by atoms with Gasteiger partial charge in [-0.25, -0.2) is 0 Å². The molecule has 1 heterocycles. The lowest BCUT2D eigenvalue weighted by molar-refractivity contribution is 0.607. The minimum atomic E-state index is 0.671. The van der Waals surface area contributed by atoms with E-state index >= 15 is 0 Å². The number of hydrogen-bond acceptors (Lipinski definition) is 3. The maximum atomic E-state index is 4.01. The molecule has 0 saturated heterocycles. The SMILES string of the molecule is CCCCCCCCc1cccc(-c2nn[nH]n2)c1. The molecule has 0 aliphatic heterocycles. The average molecular weight is 258 g/mol. The Morgan fingerprint density at radius 3 is 2.68 bits per heavy atom. The lowest BCUT2D eigenvalue weighted by atomic mass is 10.0. The van der Waals surface area contributed by atoms with E-state index in [0.29, 0.717) is 5.82 Å².